The molecule has 1 aromatic heterocycles. The molecule has 0 amide bonds. The number of carbonyl (C=O) groups is 1. The molecule has 0 atom stereocenters. The number of nitrogens with one attached hydrogen (secondary N) is 1. The quantitative estimate of drug-likeness (QED) is 0.796. The fourth-order valence-corrected chi connectivity index (χ4v) is 1.76. The number of ether oxygens (including phenoxy) is 1. The van der Waals surface area contributed by atoms with Crippen molar-refractivity contribution in [1.29, 1.82) is 0 Å². The minimum atomic E-state index is -0.374. The van der Waals surface area contributed by atoms with Gasteiger partial charge >= 0.3 is 5.97 Å². The molecule has 15 heavy (non-hydrogen) atoms. The molecule has 0 saturated heterocycles. The predicted molar refractivity (Wildman–Crippen MR) is 59.3 cm³/mol. The molecule has 0 bridgehead atoms. The van der Waals surface area contributed by atoms with Gasteiger partial charge in [0.25, 0.3) is 0 Å². The number of rotatable bonds is 2. The van der Waals surface area contributed by atoms with Gasteiger partial charge in [0.1, 0.15) is 10.8 Å². The molecule has 1 heterocycles. The van der Waals surface area contributed by atoms with Crippen molar-refractivity contribution < 1.29 is 9.53 Å². The van der Waals surface area contributed by atoms with Gasteiger partial charge in [-0.1, -0.05) is 35.9 Å². The van der Waals surface area contributed by atoms with Crippen LogP contribution in [-0.4, -0.2) is 17.6 Å². The van der Waals surface area contributed by atoms with E-state index in [1.54, 1.807) is 6.92 Å². The average molecular weight is 224 g/mol. The maximum Gasteiger partial charge on any atom is 0.355 e. The van der Waals surface area contributed by atoms with Crippen LogP contribution in [0.4, 0.5) is 0 Å². The van der Waals surface area contributed by atoms with Crippen LogP contribution in [-0.2, 0) is 4.74 Å². The Morgan fingerprint density at radius 2 is 2.07 bits per heavy atom. The van der Waals surface area contributed by atoms with E-state index < -0.39 is 0 Å². The number of hydrogen-bond acceptors (Lipinski definition) is 2. The minimum absolute atomic E-state index is 0.351. The Labute approximate surface area is 92.0 Å². The van der Waals surface area contributed by atoms with Crippen LogP contribution in [0, 0.1) is 0 Å². The molecule has 1 aromatic carbocycles. The van der Waals surface area contributed by atoms with Crippen LogP contribution >= 0.6 is 11.6 Å². The third kappa shape index (κ3) is 1.70. The van der Waals surface area contributed by atoms with Crippen molar-refractivity contribution in [2.24, 2.45) is 0 Å². The summed E-state index contributed by atoms with van der Waals surface area (Å²) in [6, 6.07) is 7.42. The summed E-state index contributed by atoms with van der Waals surface area (Å²) in [5.41, 5.74) is 0.414. The lowest BCUT2D eigenvalue weighted by atomic mass is 10.2. The topological polar surface area (TPSA) is 42.1 Å². The second-order valence-electron chi connectivity index (χ2n) is 3.08. The van der Waals surface area contributed by atoms with Crippen LogP contribution in [0.25, 0.3) is 10.8 Å². The lowest BCUT2D eigenvalue weighted by Crippen LogP contribution is -2.05. The Morgan fingerprint density at radius 3 is 2.73 bits per heavy atom. The predicted octanol–water partition coefficient (Wildman–Crippen LogP) is 3.00. The Hall–Kier alpha value is -1.48. The molecule has 0 aliphatic rings. The van der Waals surface area contributed by atoms with Gasteiger partial charge < -0.3 is 9.72 Å². The largest absolute Gasteiger partial charge is 0.461 e. The van der Waals surface area contributed by atoms with Gasteiger partial charge in [-0.3, -0.25) is 0 Å². The molecule has 4 heteroatoms. The summed E-state index contributed by atoms with van der Waals surface area (Å²) in [4.78, 5) is 14.4. The van der Waals surface area contributed by atoms with Crippen LogP contribution < -0.4 is 0 Å². The third-order valence-corrected chi connectivity index (χ3v) is 2.45. The molecule has 3 nitrogen and oxygen atoms in total. The third-order valence-electron chi connectivity index (χ3n) is 2.15. The highest BCUT2D eigenvalue weighted by atomic mass is 35.5. The van der Waals surface area contributed by atoms with Crippen molar-refractivity contribution in [2.75, 3.05) is 6.61 Å². The molecule has 0 fully saturated rings. The van der Waals surface area contributed by atoms with Gasteiger partial charge in [0.2, 0.25) is 0 Å². The fourth-order valence-electron chi connectivity index (χ4n) is 1.50. The van der Waals surface area contributed by atoms with Crippen LogP contribution in [0.1, 0.15) is 17.4 Å². The first-order chi connectivity index (χ1) is 7.24. The van der Waals surface area contributed by atoms with Gasteiger partial charge in [-0.25, -0.2) is 4.79 Å². The van der Waals surface area contributed by atoms with Gasteiger partial charge in [-0.15, -0.1) is 0 Å². The molecule has 0 radical (unpaired) electrons. The van der Waals surface area contributed by atoms with Crippen LogP contribution in [0.15, 0.2) is 24.3 Å². The van der Waals surface area contributed by atoms with E-state index in [9.17, 15) is 4.79 Å². The number of fused-ring (bicyclic) bond motifs is 1. The lowest BCUT2D eigenvalue weighted by Gasteiger charge is -1.98. The van der Waals surface area contributed by atoms with E-state index in [4.69, 9.17) is 16.3 Å². The number of halogens is 1. The van der Waals surface area contributed by atoms with Gasteiger partial charge in [-0.05, 0) is 6.92 Å². The monoisotopic (exact) mass is 223 g/mol. The first-order valence-electron chi connectivity index (χ1n) is 4.67. The maximum atomic E-state index is 11.6. The Kier molecular flexibility index (Phi) is 2.64. The van der Waals surface area contributed by atoms with E-state index in [1.165, 1.54) is 0 Å². The highest BCUT2D eigenvalue weighted by Crippen LogP contribution is 2.26. The van der Waals surface area contributed by atoms with E-state index in [0.717, 1.165) is 10.8 Å². The molecule has 0 aliphatic carbocycles. The Balaban J connectivity index is 2.57. The summed E-state index contributed by atoms with van der Waals surface area (Å²) in [7, 11) is 0. The molecule has 0 spiro atoms. The molecule has 2 aromatic rings. The maximum absolute atomic E-state index is 11.6. The molecule has 0 saturated carbocycles. The highest BCUT2D eigenvalue weighted by Gasteiger charge is 2.15. The highest BCUT2D eigenvalue weighted by molar-refractivity contribution is 6.35. The lowest BCUT2D eigenvalue weighted by molar-refractivity contribution is 0.0522. The number of aromatic amines is 1. The molecular weight excluding hydrogens is 214 g/mol. The van der Waals surface area contributed by atoms with E-state index in [-0.39, 0.29) is 5.97 Å². The van der Waals surface area contributed by atoms with Gasteiger partial charge in [0, 0.05) is 10.8 Å². The number of carbonyl (C=O) groups excluding carboxylic acids is 1. The second-order valence-corrected chi connectivity index (χ2v) is 3.46. The normalized spacial score (nSPS) is 10.5. The van der Waals surface area contributed by atoms with E-state index in [0.29, 0.717) is 17.5 Å². The number of hydrogen-bond donors (Lipinski definition) is 1. The SMILES string of the molecule is CCOC(=O)c1[nH]c(Cl)c2ccccc12. The molecular formula is C11H10ClNO2. The summed E-state index contributed by atoms with van der Waals surface area (Å²) in [5.74, 6) is -0.374. The summed E-state index contributed by atoms with van der Waals surface area (Å²) in [5, 5.41) is 2.09. The second kappa shape index (κ2) is 3.95. The molecule has 78 valence electrons. The van der Waals surface area contributed by atoms with Crippen molar-refractivity contribution in [3.8, 4) is 0 Å². The van der Waals surface area contributed by atoms with Crippen molar-refractivity contribution >= 4 is 28.3 Å². The van der Waals surface area contributed by atoms with Crippen molar-refractivity contribution in [2.45, 2.75) is 6.92 Å². The zero-order valence-corrected chi connectivity index (χ0v) is 8.97. The van der Waals surface area contributed by atoms with E-state index >= 15 is 0 Å². The first kappa shape index (κ1) is 10.1. The van der Waals surface area contributed by atoms with E-state index in [1.807, 2.05) is 24.3 Å². The Morgan fingerprint density at radius 1 is 1.40 bits per heavy atom. The van der Waals surface area contributed by atoms with Crippen molar-refractivity contribution in [1.82, 2.24) is 4.98 Å². The standard InChI is InChI=1S/C11H10ClNO2/c1-2-15-11(14)9-7-5-3-4-6-8(7)10(12)13-9/h3-6,13H,2H2,1H3. The average Bonchev–Trinajstić information content (AvgIpc) is 2.58. The van der Waals surface area contributed by atoms with Crippen LogP contribution in [0.5, 0.6) is 0 Å². The summed E-state index contributed by atoms with van der Waals surface area (Å²) < 4.78 is 4.92. The first-order valence-corrected chi connectivity index (χ1v) is 5.05. The molecule has 2 rings (SSSR count). The number of H-pyrrole nitrogens is 1. The zero-order chi connectivity index (χ0) is 10.8. The van der Waals surface area contributed by atoms with Crippen LogP contribution in [0.3, 0.4) is 0 Å². The summed E-state index contributed by atoms with van der Waals surface area (Å²) >= 11 is 5.96. The zero-order valence-electron chi connectivity index (χ0n) is 8.21. The number of esters is 1. The van der Waals surface area contributed by atoms with Gasteiger partial charge in [0.15, 0.2) is 0 Å². The molecule has 0 unspecified atom stereocenters. The van der Waals surface area contributed by atoms with Crippen molar-refractivity contribution in [3.63, 3.8) is 0 Å². The summed E-state index contributed by atoms with van der Waals surface area (Å²) in [6.45, 7) is 2.12. The smallest absolute Gasteiger partial charge is 0.355 e. The van der Waals surface area contributed by atoms with Crippen molar-refractivity contribution in [3.05, 3.63) is 35.1 Å². The van der Waals surface area contributed by atoms with Crippen LogP contribution in [0.2, 0.25) is 5.15 Å². The van der Waals surface area contributed by atoms with Gasteiger partial charge in [0.05, 0.1) is 6.61 Å². The minimum Gasteiger partial charge on any atom is -0.461 e. The summed E-state index contributed by atoms with van der Waals surface area (Å²) in [6.07, 6.45) is 0. The molecule has 0 aliphatic heterocycles. The number of aromatic nitrogens is 1. The fraction of sp³-hybridized carbons (Fsp3) is 0.182. The van der Waals surface area contributed by atoms with E-state index in [2.05, 4.69) is 4.98 Å². The Bertz CT molecular complexity index is 504. The molecule has 1 N–H and O–H groups in total. The van der Waals surface area contributed by atoms with Gasteiger partial charge in [-0.2, -0.15) is 0 Å². The number of benzene rings is 1.